The molecule has 0 radical (unpaired) electrons. The summed E-state index contributed by atoms with van der Waals surface area (Å²) < 4.78 is 55.0. The number of benzene rings is 3. The Morgan fingerprint density at radius 1 is 1.00 bits per heavy atom. The van der Waals surface area contributed by atoms with E-state index in [-0.39, 0.29) is 46.6 Å². The molecular formula is C16H9BrO. The summed E-state index contributed by atoms with van der Waals surface area (Å²) in [4.78, 5) is 0. The van der Waals surface area contributed by atoms with Crippen molar-refractivity contribution in [2.24, 2.45) is 0 Å². The standard InChI is InChI=1S/C16H9BrO/c17-13-7-3-6-12-15-11-5-2-1-4-10(11)8-9-14(15)18-16(12)13/h1-9H/i1D,2D,4D,5D,8D,9D. The Balaban J connectivity index is 2.47. The van der Waals surface area contributed by atoms with E-state index in [9.17, 15) is 0 Å². The van der Waals surface area contributed by atoms with Gasteiger partial charge in [-0.1, -0.05) is 42.3 Å². The van der Waals surface area contributed by atoms with Crippen molar-refractivity contribution in [1.82, 2.24) is 0 Å². The molecule has 0 saturated heterocycles. The first-order valence-electron chi connectivity index (χ1n) is 8.34. The molecule has 2 heteroatoms. The van der Waals surface area contributed by atoms with Crippen LogP contribution in [0.25, 0.3) is 32.7 Å². The highest BCUT2D eigenvalue weighted by molar-refractivity contribution is 9.10. The fourth-order valence-electron chi connectivity index (χ4n) is 2.13. The van der Waals surface area contributed by atoms with Crippen molar-refractivity contribution in [3.8, 4) is 0 Å². The highest BCUT2D eigenvalue weighted by Crippen LogP contribution is 2.37. The van der Waals surface area contributed by atoms with Crippen LogP contribution in [-0.4, -0.2) is 0 Å². The van der Waals surface area contributed by atoms with Gasteiger partial charge in [-0.3, -0.25) is 0 Å². The molecule has 0 fully saturated rings. The number of furan rings is 1. The van der Waals surface area contributed by atoms with Gasteiger partial charge in [0.25, 0.3) is 0 Å². The molecule has 18 heavy (non-hydrogen) atoms. The molecule has 0 aliphatic carbocycles. The lowest BCUT2D eigenvalue weighted by Gasteiger charge is -1.98. The molecule has 0 aliphatic heterocycles. The Bertz CT molecular complexity index is 1180. The van der Waals surface area contributed by atoms with E-state index in [0.717, 1.165) is 0 Å². The average molecular weight is 303 g/mol. The summed E-state index contributed by atoms with van der Waals surface area (Å²) in [5.41, 5.74) is 0.639. The molecule has 86 valence electrons. The number of hydrogen-bond donors (Lipinski definition) is 0. The van der Waals surface area contributed by atoms with E-state index in [4.69, 9.17) is 12.6 Å². The number of hydrogen-bond acceptors (Lipinski definition) is 1. The SMILES string of the molecule is [2H]c1c([2H])c([2H])c2c(c1[2H])c([2H])c([2H])c1oc3c(Br)cccc3c12. The van der Waals surface area contributed by atoms with Crippen LogP contribution in [0, 0.1) is 0 Å². The third-order valence-electron chi connectivity index (χ3n) is 2.91. The summed E-state index contributed by atoms with van der Waals surface area (Å²) in [7, 11) is 0. The van der Waals surface area contributed by atoms with Crippen molar-refractivity contribution in [1.29, 1.82) is 0 Å². The van der Waals surface area contributed by atoms with Crippen LogP contribution in [0.5, 0.6) is 0 Å². The topological polar surface area (TPSA) is 13.1 Å². The highest BCUT2D eigenvalue weighted by Gasteiger charge is 2.11. The zero-order valence-electron chi connectivity index (χ0n) is 15.0. The summed E-state index contributed by atoms with van der Waals surface area (Å²) >= 11 is 3.39. The van der Waals surface area contributed by atoms with Crippen LogP contribution in [0.3, 0.4) is 0 Å². The van der Waals surface area contributed by atoms with Gasteiger partial charge >= 0.3 is 0 Å². The first-order valence-corrected chi connectivity index (χ1v) is 6.13. The van der Waals surface area contributed by atoms with E-state index in [2.05, 4.69) is 15.9 Å². The molecule has 3 aromatic carbocycles. The molecule has 1 aromatic heterocycles. The molecule has 0 atom stereocenters. The minimum atomic E-state index is -0.409. The maximum atomic E-state index is 8.25. The van der Waals surface area contributed by atoms with Gasteiger partial charge in [0.2, 0.25) is 0 Å². The maximum Gasteiger partial charge on any atom is 0.149 e. The third-order valence-corrected chi connectivity index (χ3v) is 3.53. The fourth-order valence-corrected chi connectivity index (χ4v) is 2.58. The Morgan fingerprint density at radius 3 is 2.83 bits per heavy atom. The molecule has 0 unspecified atom stereocenters. The van der Waals surface area contributed by atoms with Crippen LogP contribution in [0.4, 0.5) is 0 Å². The summed E-state index contributed by atoms with van der Waals surface area (Å²) in [6.07, 6.45) is 0. The molecule has 0 spiro atoms. The second kappa shape index (κ2) is 3.59. The van der Waals surface area contributed by atoms with Gasteiger partial charge in [0.15, 0.2) is 0 Å². The van der Waals surface area contributed by atoms with Crippen LogP contribution >= 0.6 is 15.9 Å². The third kappa shape index (κ3) is 1.27. The monoisotopic (exact) mass is 302 g/mol. The predicted octanol–water partition coefficient (Wildman–Crippen LogP) is 5.50. The van der Waals surface area contributed by atoms with Crippen LogP contribution in [0.15, 0.2) is 63.3 Å². The summed E-state index contributed by atoms with van der Waals surface area (Å²) in [6.45, 7) is 0. The molecule has 1 heterocycles. The molecule has 0 aliphatic rings. The maximum absolute atomic E-state index is 8.25. The number of rotatable bonds is 0. The van der Waals surface area contributed by atoms with Crippen molar-refractivity contribution in [2.45, 2.75) is 0 Å². The van der Waals surface area contributed by atoms with E-state index in [1.165, 1.54) is 0 Å². The van der Waals surface area contributed by atoms with Crippen LogP contribution in [0.2, 0.25) is 0 Å². The predicted molar refractivity (Wildman–Crippen MR) is 78.9 cm³/mol. The Morgan fingerprint density at radius 2 is 1.89 bits per heavy atom. The molecule has 0 N–H and O–H groups in total. The first kappa shape index (κ1) is 5.89. The van der Waals surface area contributed by atoms with Crippen LogP contribution in [-0.2, 0) is 0 Å². The molecule has 4 aromatic rings. The zero-order valence-corrected chi connectivity index (χ0v) is 10.6. The van der Waals surface area contributed by atoms with Crippen molar-refractivity contribution < 1.29 is 12.6 Å². The van der Waals surface area contributed by atoms with Gasteiger partial charge in [0.05, 0.1) is 12.7 Å². The van der Waals surface area contributed by atoms with E-state index in [0.29, 0.717) is 20.8 Å². The Hall–Kier alpha value is -1.80. The van der Waals surface area contributed by atoms with Gasteiger partial charge in [-0.15, -0.1) is 0 Å². The molecule has 0 bridgehead atoms. The highest BCUT2D eigenvalue weighted by atomic mass is 79.9. The van der Waals surface area contributed by atoms with Gasteiger partial charge in [-0.2, -0.15) is 0 Å². The van der Waals surface area contributed by atoms with Gasteiger partial charge in [0.1, 0.15) is 11.2 Å². The molecule has 1 nitrogen and oxygen atoms in total. The van der Waals surface area contributed by atoms with Gasteiger partial charge in [0, 0.05) is 10.8 Å². The van der Waals surface area contributed by atoms with Crippen LogP contribution in [0.1, 0.15) is 8.22 Å². The van der Waals surface area contributed by atoms with Gasteiger partial charge in [-0.25, -0.2) is 0 Å². The number of fused-ring (bicyclic) bond motifs is 5. The molecular weight excluding hydrogens is 288 g/mol. The minimum absolute atomic E-state index is 0.0428. The summed E-state index contributed by atoms with van der Waals surface area (Å²) in [6, 6.07) is 3.58. The van der Waals surface area contributed by atoms with Crippen molar-refractivity contribution in [2.75, 3.05) is 0 Å². The normalized spacial score (nSPS) is 16.3. The quantitative estimate of drug-likeness (QED) is 0.418. The van der Waals surface area contributed by atoms with Crippen molar-refractivity contribution >= 4 is 48.6 Å². The number of para-hydroxylation sites is 1. The molecule has 0 amide bonds. The van der Waals surface area contributed by atoms with Gasteiger partial charge in [-0.05, 0) is 38.8 Å². The largest absolute Gasteiger partial charge is 0.455 e. The van der Waals surface area contributed by atoms with E-state index in [1.807, 2.05) is 0 Å². The molecule has 4 rings (SSSR count). The van der Waals surface area contributed by atoms with E-state index in [1.54, 1.807) is 18.2 Å². The lowest BCUT2D eigenvalue weighted by molar-refractivity contribution is 0.667. The first-order chi connectivity index (χ1) is 11.3. The second-order valence-corrected chi connectivity index (χ2v) is 4.78. The summed E-state index contributed by atoms with van der Waals surface area (Å²) in [5.74, 6) is 0. The fraction of sp³-hybridized carbons (Fsp3) is 0. The summed E-state index contributed by atoms with van der Waals surface area (Å²) in [5, 5.41) is 1.34. The van der Waals surface area contributed by atoms with Crippen molar-refractivity contribution in [3.63, 3.8) is 0 Å². The van der Waals surface area contributed by atoms with E-state index < -0.39 is 6.04 Å². The van der Waals surface area contributed by atoms with Crippen molar-refractivity contribution in [3.05, 3.63) is 58.9 Å². The smallest absolute Gasteiger partial charge is 0.149 e. The zero-order chi connectivity index (χ0) is 17.3. The Labute approximate surface area is 121 Å². The van der Waals surface area contributed by atoms with Crippen LogP contribution < -0.4 is 0 Å². The van der Waals surface area contributed by atoms with E-state index >= 15 is 0 Å². The van der Waals surface area contributed by atoms with Gasteiger partial charge < -0.3 is 4.42 Å². The number of halogens is 1. The lowest BCUT2D eigenvalue weighted by Crippen LogP contribution is -1.73. The molecule has 0 saturated carbocycles. The second-order valence-electron chi connectivity index (χ2n) is 3.92. The minimum Gasteiger partial charge on any atom is -0.455 e. The lowest BCUT2D eigenvalue weighted by atomic mass is 10.0. The average Bonchev–Trinajstić information content (AvgIpc) is 2.95. The Kier molecular flexibility index (Phi) is 1.18.